The fourth-order valence-corrected chi connectivity index (χ4v) is 2.69. The minimum Gasteiger partial charge on any atom is -0.370 e. The highest BCUT2D eigenvalue weighted by molar-refractivity contribution is 5.91. The summed E-state index contributed by atoms with van der Waals surface area (Å²) in [5.41, 5.74) is 11.8. The van der Waals surface area contributed by atoms with E-state index in [1.54, 1.807) is 0 Å². The van der Waals surface area contributed by atoms with Crippen molar-refractivity contribution in [1.82, 2.24) is 5.32 Å². The van der Waals surface area contributed by atoms with Crippen LogP contribution >= 0.6 is 0 Å². The van der Waals surface area contributed by atoms with Gasteiger partial charge in [-0.1, -0.05) is 60.7 Å². The zero-order valence-electron chi connectivity index (χ0n) is 12.3. The Balaban J connectivity index is 2.50. The normalized spacial score (nSPS) is 10.9. The van der Waals surface area contributed by atoms with Gasteiger partial charge in [0.05, 0.1) is 0 Å². The molecule has 2 rings (SSSR count). The quantitative estimate of drug-likeness (QED) is 0.477. The number of guanidine groups is 1. The van der Waals surface area contributed by atoms with Crippen LogP contribution in [-0.4, -0.2) is 18.4 Å². The maximum absolute atomic E-state index is 12.4. The lowest BCUT2D eigenvalue weighted by Crippen LogP contribution is -2.45. The molecular weight excluding hydrogens is 276 g/mol. The van der Waals surface area contributed by atoms with Gasteiger partial charge in [-0.05, 0) is 17.5 Å². The highest BCUT2D eigenvalue weighted by atomic mass is 16.1. The van der Waals surface area contributed by atoms with Gasteiger partial charge < -0.3 is 16.8 Å². The minimum atomic E-state index is -0.953. The predicted molar refractivity (Wildman–Crippen MR) is 87.4 cm³/mol. The Morgan fingerprint density at radius 3 is 1.77 bits per heavy atom. The number of hydrogen-bond donors (Lipinski definition) is 4. The second kappa shape index (κ2) is 6.76. The lowest BCUT2D eigenvalue weighted by atomic mass is 9.71. The fourth-order valence-electron chi connectivity index (χ4n) is 2.69. The summed E-state index contributed by atoms with van der Waals surface area (Å²) in [4.78, 5) is 12.4. The van der Waals surface area contributed by atoms with Gasteiger partial charge in [-0.2, -0.15) is 0 Å². The second-order valence-corrected chi connectivity index (χ2v) is 5.09. The van der Waals surface area contributed by atoms with E-state index in [9.17, 15) is 4.79 Å². The van der Waals surface area contributed by atoms with Gasteiger partial charge >= 0.3 is 0 Å². The molecule has 0 aliphatic rings. The molecule has 114 valence electrons. The van der Waals surface area contributed by atoms with Crippen LogP contribution in [0.4, 0.5) is 0 Å². The molecule has 2 aromatic rings. The summed E-state index contributed by atoms with van der Waals surface area (Å²) >= 11 is 0. The Hall–Kier alpha value is -2.82. The van der Waals surface area contributed by atoms with Crippen LogP contribution in [0.5, 0.6) is 0 Å². The highest BCUT2D eigenvalue weighted by Crippen LogP contribution is 2.35. The molecule has 0 heterocycles. The van der Waals surface area contributed by atoms with Crippen LogP contribution in [0.25, 0.3) is 0 Å². The molecule has 0 unspecified atom stereocenters. The Labute approximate surface area is 129 Å². The molecule has 2 aromatic carbocycles. The van der Waals surface area contributed by atoms with Crippen LogP contribution in [-0.2, 0) is 10.2 Å². The first kappa shape index (κ1) is 15.6. The van der Waals surface area contributed by atoms with Crippen LogP contribution in [0, 0.1) is 5.41 Å². The topological polar surface area (TPSA) is 105 Å². The Kier molecular flexibility index (Phi) is 4.78. The van der Waals surface area contributed by atoms with Crippen molar-refractivity contribution < 1.29 is 4.79 Å². The maximum atomic E-state index is 12.4. The second-order valence-electron chi connectivity index (χ2n) is 5.09. The van der Waals surface area contributed by atoms with Crippen molar-refractivity contribution in [2.45, 2.75) is 11.8 Å². The largest absolute Gasteiger partial charge is 0.370 e. The van der Waals surface area contributed by atoms with Gasteiger partial charge in [0.25, 0.3) is 0 Å². The highest BCUT2D eigenvalue weighted by Gasteiger charge is 2.39. The van der Waals surface area contributed by atoms with E-state index in [1.807, 2.05) is 60.7 Å². The number of amides is 1. The summed E-state index contributed by atoms with van der Waals surface area (Å²) in [7, 11) is 0. The van der Waals surface area contributed by atoms with E-state index in [1.165, 1.54) is 0 Å². The number of primary amides is 1. The molecule has 5 nitrogen and oxygen atoms in total. The molecule has 0 aliphatic heterocycles. The molecule has 0 atom stereocenters. The molecule has 0 saturated heterocycles. The van der Waals surface area contributed by atoms with Crippen LogP contribution in [0.1, 0.15) is 17.5 Å². The van der Waals surface area contributed by atoms with Gasteiger partial charge in [0, 0.05) is 6.54 Å². The molecule has 0 fully saturated rings. The Bertz CT molecular complexity index is 601. The van der Waals surface area contributed by atoms with Crippen molar-refractivity contribution in [3.8, 4) is 0 Å². The lowest BCUT2D eigenvalue weighted by Gasteiger charge is -2.32. The van der Waals surface area contributed by atoms with Gasteiger partial charge in [0.2, 0.25) is 5.91 Å². The number of carbonyl (C=O) groups excluding carboxylic acids is 1. The monoisotopic (exact) mass is 296 g/mol. The van der Waals surface area contributed by atoms with Crippen molar-refractivity contribution in [2.24, 2.45) is 11.5 Å². The molecule has 0 radical (unpaired) electrons. The van der Waals surface area contributed by atoms with E-state index in [-0.39, 0.29) is 5.96 Å². The number of nitrogens with one attached hydrogen (secondary N) is 2. The van der Waals surface area contributed by atoms with Crippen molar-refractivity contribution >= 4 is 11.9 Å². The first-order chi connectivity index (χ1) is 10.6. The molecule has 0 spiro atoms. The van der Waals surface area contributed by atoms with E-state index >= 15 is 0 Å². The summed E-state index contributed by atoms with van der Waals surface area (Å²) in [5.74, 6) is -0.547. The SMILES string of the molecule is N=C(N)NCCC(C(N)=O)(c1ccccc1)c1ccccc1. The van der Waals surface area contributed by atoms with Gasteiger partial charge in [-0.25, -0.2) is 0 Å². The van der Waals surface area contributed by atoms with Gasteiger partial charge in [0.15, 0.2) is 5.96 Å². The molecular formula is C17H20N4O. The zero-order chi connectivity index (χ0) is 16.0. The van der Waals surface area contributed by atoms with E-state index in [0.29, 0.717) is 13.0 Å². The van der Waals surface area contributed by atoms with Crippen LogP contribution in [0.15, 0.2) is 60.7 Å². The third-order valence-corrected chi connectivity index (χ3v) is 3.77. The first-order valence-corrected chi connectivity index (χ1v) is 7.06. The number of benzene rings is 2. The van der Waals surface area contributed by atoms with Gasteiger partial charge in [-0.15, -0.1) is 0 Å². The molecule has 22 heavy (non-hydrogen) atoms. The average Bonchev–Trinajstić information content (AvgIpc) is 2.53. The molecule has 1 amide bonds. The molecule has 0 aromatic heterocycles. The summed E-state index contributed by atoms with van der Waals surface area (Å²) < 4.78 is 0. The van der Waals surface area contributed by atoms with Crippen molar-refractivity contribution in [2.75, 3.05) is 6.54 Å². The number of nitrogens with two attached hydrogens (primary N) is 2. The van der Waals surface area contributed by atoms with E-state index in [4.69, 9.17) is 16.9 Å². The molecule has 6 N–H and O–H groups in total. The maximum Gasteiger partial charge on any atom is 0.232 e. The lowest BCUT2D eigenvalue weighted by molar-refractivity contribution is -0.122. The first-order valence-electron chi connectivity index (χ1n) is 7.06. The summed E-state index contributed by atoms with van der Waals surface area (Å²) in [6.07, 6.45) is 0.413. The van der Waals surface area contributed by atoms with E-state index < -0.39 is 11.3 Å². The van der Waals surface area contributed by atoms with Crippen molar-refractivity contribution in [3.05, 3.63) is 71.8 Å². The van der Waals surface area contributed by atoms with Crippen LogP contribution in [0.2, 0.25) is 0 Å². The molecule has 0 aliphatic carbocycles. The van der Waals surface area contributed by atoms with Crippen molar-refractivity contribution in [3.63, 3.8) is 0 Å². The standard InChI is InChI=1S/C17H20N4O/c18-15(22)17(11-12-21-16(19)20,13-7-3-1-4-8-13)14-9-5-2-6-10-14/h1-10H,11-12H2,(H2,18,22)(H4,19,20,21). The molecule has 5 heteroatoms. The van der Waals surface area contributed by atoms with Gasteiger partial charge in [0.1, 0.15) is 5.41 Å². The number of hydrogen-bond acceptors (Lipinski definition) is 2. The molecule has 0 saturated carbocycles. The summed E-state index contributed by atoms with van der Waals surface area (Å²) in [6.45, 7) is 0.377. The van der Waals surface area contributed by atoms with Gasteiger partial charge in [-0.3, -0.25) is 10.2 Å². The Morgan fingerprint density at radius 1 is 0.955 bits per heavy atom. The van der Waals surface area contributed by atoms with Crippen molar-refractivity contribution in [1.29, 1.82) is 5.41 Å². The third-order valence-electron chi connectivity index (χ3n) is 3.77. The van der Waals surface area contributed by atoms with E-state index in [2.05, 4.69) is 5.32 Å². The summed E-state index contributed by atoms with van der Waals surface area (Å²) in [5, 5.41) is 10.0. The predicted octanol–water partition coefficient (Wildman–Crippen LogP) is 1.33. The smallest absolute Gasteiger partial charge is 0.232 e. The number of rotatable bonds is 6. The third kappa shape index (κ3) is 3.09. The zero-order valence-corrected chi connectivity index (χ0v) is 12.3. The van der Waals surface area contributed by atoms with E-state index in [0.717, 1.165) is 11.1 Å². The summed E-state index contributed by atoms with van der Waals surface area (Å²) in [6, 6.07) is 18.9. The fraction of sp³-hybridized carbons (Fsp3) is 0.176. The number of carbonyl (C=O) groups is 1. The van der Waals surface area contributed by atoms with Crippen LogP contribution in [0.3, 0.4) is 0 Å². The Morgan fingerprint density at radius 2 is 1.41 bits per heavy atom. The molecule has 0 bridgehead atoms. The average molecular weight is 296 g/mol. The minimum absolute atomic E-state index is 0.125. The van der Waals surface area contributed by atoms with Crippen LogP contribution < -0.4 is 16.8 Å².